The number of nitrogens with one attached hydrogen (secondary N) is 1. The molecule has 0 spiro atoms. The minimum Gasteiger partial charge on any atom is -0.468 e. The second kappa shape index (κ2) is 5.53. The summed E-state index contributed by atoms with van der Waals surface area (Å²) in [6.07, 6.45) is 1.67. The first-order chi connectivity index (χ1) is 7.75. The van der Waals surface area contributed by atoms with E-state index in [1.54, 1.807) is 6.26 Å². The summed E-state index contributed by atoms with van der Waals surface area (Å²) in [5.41, 5.74) is 1.08. The van der Waals surface area contributed by atoms with E-state index in [1.807, 2.05) is 30.3 Å². The highest BCUT2D eigenvalue weighted by Crippen LogP contribution is 2.21. The molecule has 1 N–H and O–H groups in total. The third kappa shape index (κ3) is 3.11. The molecule has 0 radical (unpaired) electrons. The van der Waals surface area contributed by atoms with Gasteiger partial charge in [0.25, 0.3) is 0 Å². The molecular weight excluding hydrogens is 289 g/mol. The highest BCUT2D eigenvalue weighted by Gasteiger charge is 2.01. The standard InChI is InChI=1S/C12H11BrClNO/c13-10-4-3-9(12(14)6-10)7-15-8-11-2-1-5-16-11/h1-6,15H,7-8H2. The summed E-state index contributed by atoms with van der Waals surface area (Å²) in [5.74, 6) is 0.924. The Labute approximate surface area is 108 Å². The zero-order valence-corrected chi connectivity index (χ0v) is 10.9. The molecule has 16 heavy (non-hydrogen) atoms. The molecule has 0 saturated heterocycles. The van der Waals surface area contributed by atoms with Crippen molar-refractivity contribution in [1.29, 1.82) is 0 Å². The smallest absolute Gasteiger partial charge is 0.117 e. The molecule has 0 aliphatic rings. The van der Waals surface area contributed by atoms with Crippen molar-refractivity contribution in [2.24, 2.45) is 0 Å². The SMILES string of the molecule is Clc1cc(Br)ccc1CNCc1ccco1. The van der Waals surface area contributed by atoms with Gasteiger partial charge in [-0.2, -0.15) is 0 Å². The van der Waals surface area contributed by atoms with E-state index in [2.05, 4.69) is 21.2 Å². The lowest BCUT2D eigenvalue weighted by Gasteiger charge is -2.05. The third-order valence-electron chi connectivity index (χ3n) is 2.21. The molecule has 0 unspecified atom stereocenters. The average molecular weight is 301 g/mol. The first-order valence-corrected chi connectivity index (χ1v) is 6.10. The topological polar surface area (TPSA) is 25.2 Å². The molecule has 2 nitrogen and oxygen atoms in total. The number of furan rings is 1. The minimum absolute atomic E-state index is 0.708. The molecule has 4 heteroatoms. The van der Waals surface area contributed by atoms with Crippen LogP contribution in [0.5, 0.6) is 0 Å². The summed E-state index contributed by atoms with van der Waals surface area (Å²) in [7, 11) is 0. The van der Waals surface area contributed by atoms with E-state index < -0.39 is 0 Å². The summed E-state index contributed by atoms with van der Waals surface area (Å²) >= 11 is 9.47. The van der Waals surface area contributed by atoms with Gasteiger partial charge < -0.3 is 9.73 Å². The maximum absolute atomic E-state index is 6.10. The molecule has 0 bridgehead atoms. The molecule has 0 fully saturated rings. The van der Waals surface area contributed by atoms with Crippen LogP contribution in [0.3, 0.4) is 0 Å². The summed E-state index contributed by atoms with van der Waals surface area (Å²) in [6, 6.07) is 9.70. The van der Waals surface area contributed by atoms with Crippen LogP contribution in [0.2, 0.25) is 5.02 Å². The molecular formula is C12H11BrClNO. The van der Waals surface area contributed by atoms with Crippen LogP contribution in [0.25, 0.3) is 0 Å². The molecule has 1 aromatic heterocycles. The molecule has 1 heterocycles. The number of hydrogen-bond donors (Lipinski definition) is 1. The fourth-order valence-corrected chi connectivity index (χ4v) is 2.14. The van der Waals surface area contributed by atoms with Crippen LogP contribution in [0, 0.1) is 0 Å². The van der Waals surface area contributed by atoms with Gasteiger partial charge in [0.05, 0.1) is 12.8 Å². The number of hydrogen-bond acceptors (Lipinski definition) is 2. The van der Waals surface area contributed by atoms with Crippen LogP contribution in [0.1, 0.15) is 11.3 Å². The summed E-state index contributed by atoms with van der Waals surface area (Å²) < 4.78 is 6.21. The third-order valence-corrected chi connectivity index (χ3v) is 3.05. The second-order valence-corrected chi connectivity index (χ2v) is 4.74. The molecule has 0 atom stereocenters. The Kier molecular flexibility index (Phi) is 4.04. The van der Waals surface area contributed by atoms with Crippen molar-refractivity contribution in [2.75, 3.05) is 0 Å². The maximum atomic E-state index is 6.10. The van der Waals surface area contributed by atoms with Gasteiger partial charge >= 0.3 is 0 Å². The van der Waals surface area contributed by atoms with Crippen molar-refractivity contribution in [3.05, 3.63) is 57.4 Å². The molecule has 2 rings (SSSR count). The zero-order valence-electron chi connectivity index (χ0n) is 8.54. The Morgan fingerprint density at radius 2 is 2.12 bits per heavy atom. The number of benzene rings is 1. The summed E-state index contributed by atoms with van der Waals surface area (Å²) in [4.78, 5) is 0. The van der Waals surface area contributed by atoms with E-state index in [0.717, 1.165) is 27.4 Å². The van der Waals surface area contributed by atoms with Gasteiger partial charge in [0.15, 0.2) is 0 Å². The van der Waals surface area contributed by atoms with Crippen LogP contribution < -0.4 is 5.32 Å². The van der Waals surface area contributed by atoms with E-state index in [4.69, 9.17) is 16.0 Å². The quantitative estimate of drug-likeness (QED) is 0.924. The van der Waals surface area contributed by atoms with Gasteiger partial charge in [-0.25, -0.2) is 0 Å². The molecule has 2 aromatic rings. The normalized spacial score (nSPS) is 10.6. The van der Waals surface area contributed by atoms with Crippen LogP contribution in [-0.4, -0.2) is 0 Å². The Balaban J connectivity index is 1.90. The van der Waals surface area contributed by atoms with E-state index >= 15 is 0 Å². The maximum Gasteiger partial charge on any atom is 0.117 e. The number of rotatable bonds is 4. The van der Waals surface area contributed by atoms with Crippen LogP contribution in [0.15, 0.2) is 45.5 Å². The molecule has 0 amide bonds. The van der Waals surface area contributed by atoms with Gasteiger partial charge in [-0.3, -0.25) is 0 Å². The van der Waals surface area contributed by atoms with Crippen LogP contribution in [-0.2, 0) is 13.1 Å². The molecule has 1 aromatic carbocycles. The van der Waals surface area contributed by atoms with Gasteiger partial charge in [-0.1, -0.05) is 33.6 Å². The van der Waals surface area contributed by atoms with Gasteiger partial charge in [-0.15, -0.1) is 0 Å². The van der Waals surface area contributed by atoms with Crippen LogP contribution >= 0.6 is 27.5 Å². The number of halogens is 2. The van der Waals surface area contributed by atoms with Gasteiger partial charge in [0.2, 0.25) is 0 Å². The van der Waals surface area contributed by atoms with E-state index in [9.17, 15) is 0 Å². The zero-order chi connectivity index (χ0) is 11.4. The lowest BCUT2D eigenvalue weighted by Crippen LogP contribution is -2.12. The Bertz CT molecular complexity index is 456. The fourth-order valence-electron chi connectivity index (χ4n) is 1.40. The summed E-state index contributed by atoms with van der Waals surface area (Å²) in [5, 5.41) is 4.04. The lowest BCUT2D eigenvalue weighted by molar-refractivity contribution is 0.483. The monoisotopic (exact) mass is 299 g/mol. The van der Waals surface area contributed by atoms with E-state index in [0.29, 0.717) is 6.54 Å². The van der Waals surface area contributed by atoms with Crippen molar-refractivity contribution in [3.63, 3.8) is 0 Å². The molecule has 0 aliphatic heterocycles. The first kappa shape index (κ1) is 11.7. The van der Waals surface area contributed by atoms with E-state index in [1.165, 1.54) is 0 Å². The van der Waals surface area contributed by atoms with Gasteiger partial charge in [0, 0.05) is 16.0 Å². The fraction of sp³-hybridized carbons (Fsp3) is 0.167. The molecule has 84 valence electrons. The molecule has 0 saturated carbocycles. The lowest BCUT2D eigenvalue weighted by atomic mass is 10.2. The second-order valence-electron chi connectivity index (χ2n) is 3.42. The van der Waals surface area contributed by atoms with E-state index in [-0.39, 0.29) is 0 Å². The first-order valence-electron chi connectivity index (χ1n) is 4.93. The van der Waals surface area contributed by atoms with Crippen molar-refractivity contribution < 1.29 is 4.42 Å². The molecule has 0 aliphatic carbocycles. The predicted octanol–water partition coefficient (Wildman–Crippen LogP) is 3.99. The van der Waals surface area contributed by atoms with Crippen molar-refractivity contribution in [2.45, 2.75) is 13.1 Å². The summed E-state index contributed by atoms with van der Waals surface area (Å²) in [6.45, 7) is 1.44. The van der Waals surface area contributed by atoms with Crippen molar-refractivity contribution >= 4 is 27.5 Å². The van der Waals surface area contributed by atoms with Crippen LogP contribution in [0.4, 0.5) is 0 Å². The van der Waals surface area contributed by atoms with Crippen molar-refractivity contribution in [1.82, 2.24) is 5.32 Å². The van der Waals surface area contributed by atoms with Crippen molar-refractivity contribution in [3.8, 4) is 0 Å². The largest absolute Gasteiger partial charge is 0.468 e. The minimum atomic E-state index is 0.708. The Hall–Kier alpha value is -0.770. The average Bonchev–Trinajstić information content (AvgIpc) is 2.74. The highest BCUT2D eigenvalue weighted by molar-refractivity contribution is 9.10. The Morgan fingerprint density at radius 1 is 1.25 bits per heavy atom. The van der Waals surface area contributed by atoms with Gasteiger partial charge in [-0.05, 0) is 29.8 Å². The highest BCUT2D eigenvalue weighted by atomic mass is 79.9. The van der Waals surface area contributed by atoms with Gasteiger partial charge in [0.1, 0.15) is 5.76 Å². The predicted molar refractivity (Wildman–Crippen MR) is 68.4 cm³/mol. The Morgan fingerprint density at radius 3 is 2.81 bits per heavy atom.